The minimum Gasteiger partial charge on any atom is -0.368 e. The van der Waals surface area contributed by atoms with Crippen LogP contribution in [0.5, 0.6) is 0 Å². The molecule has 64 valence electrons. The fourth-order valence-electron chi connectivity index (χ4n) is 1.04. The van der Waals surface area contributed by atoms with Gasteiger partial charge in [0.15, 0.2) is 11.1 Å². The van der Waals surface area contributed by atoms with Crippen LogP contribution in [0.15, 0.2) is 29.2 Å². The van der Waals surface area contributed by atoms with Crippen molar-refractivity contribution < 1.29 is 13.5 Å². The summed E-state index contributed by atoms with van der Waals surface area (Å²) in [6.45, 7) is 0.765. The topological polar surface area (TPSA) is 49.8 Å². The van der Waals surface area contributed by atoms with Gasteiger partial charge in [0.05, 0.1) is 11.5 Å². The standard InChI is InChI=1S/C8H8O3S/c9-12(10)7-3-1-6(2-4-7)8-5-11-8/h1-4,8H,5H2,(H,9,10). The van der Waals surface area contributed by atoms with E-state index in [9.17, 15) is 4.21 Å². The van der Waals surface area contributed by atoms with E-state index < -0.39 is 11.1 Å². The van der Waals surface area contributed by atoms with Gasteiger partial charge in [-0.05, 0) is 17.7 Å². The maximum absolute atomic E-state index is 10.6. The van der Waals surface area contributed by atoms with E-state index in [0.29, 0.717) is 4.90 Å². The van der Waals surface area contributed by atoms with E-state index in [-0.39, 0.29) is 6.10 Å². The zero-order valence-corrected chi connectivity index (χ0v) is 7.08. The highest BCUT2D eigenvalue weighted by Crippen LogP contribution is 2.29. The molecule has 1 aliphatic rings. The van der Waals surface area contributed by atoms with Crippen LogP contribution in [0.2, 0.25) is 0 Å². The average molecular weight is 184 g/mol. The molecule has 1 heterocycles. The highest BCUT2D eigenvalue weighted by atomic mass is 32.2. The van der Waals surface area contributed by atoms with E-state index >= 15 is 0 Å². The van der Waals surface area contributed by atoms with Crippen molar-refractivity contribution in [3.8, 4) is 0 Å². The highest BCUT2D eigenvalue weighted by Gasteiger charge is 2.24. The van der Waals surface area contributed by atoms with Gasteiger partial charge in [0.2, 0.25) is 0 Å². The Morgan fingerprint density at radius 2 is 2.00 bits per heavy atom. The lowest BCUT2D eigenvalue weighted by Crippen LogP contribution is -1.88. The SMILES string of the molecule is O=S(O)c1ccc(C2CO2)cc1. The molecule has 4 heteroatoms. The molecule has 2 unspecified atom stereocenters. The van der Waals surface area contributed by atoms with Gasteiger partial charge in [-0.25, -0.2) is 4.21 Å². The van der Waals surface area contributed by atoms with Crippen LogP contribution >= 0.6 is 0 Å². The lowest BCUT2D eigenvalue weighted by atomic mass is 10.2. The van der Waals surface area contributed by atoms with Gasteiger partial charge < -0.3 is 9.29 Å². The molecule has 0 radical (unpaired) electrons. The molecule has 1 aromatic rings. The first-order chi connectivity index (χ1) is 5.77. The summed E-state index contributed by atoms with van der Waals surface area (Å²) in [4.78, 5) is 0.430. The molecule has 0 saturated carbocycles. The zero-order valence-electron chi connectivity index (χ0n) is 6.27. The maximum Gasteiger partial charge on any atom is 0.186 e. The van der Waals surface area contributed by atoms with Gasteiger partial charge in [0.25, 0.3) is 0 Å². The first-order valence-corrected chi connectivity index (χ1v) is 4.70. The number of hydrogen-bond acceptors (Lipinski definition) is 2. The molecular weight excluding hydrogens is 176 g/mol. The van der Waals surface area contributed by atoms with E-state index in [1.807, 2.05) is 12.1 Å². The normalized spacial score (nSPS) is 23.6. The molecule has 1 aliphatic heterocycles. The molecule has 2 atom stereocenters. The highest BCUT2D eigenvalue weighted by molar-refractivity contribution is 7.79. The summed E-state index contributed by atoms with van der Waals surface area (Å²) in [6, 6.07) is 6.93. The minimum absolute atomic E-state index is 0.214. The van der Waals surface area contributed by atoms with E-state index in [2.05, 4.69) is 0 Å². The maximum atomic E-state index is 10.6. The largest absolute Gasteiger partial charge is 0.368 e. The monoisotopic (exact) mass is 184 g/mol. The van der Waals surface area contributed by atoms with Gasteiger partial charge in [0.1, 0.15) is 6.10 Å². The molecule has 12 heavy (non-hydrogen) atoms. The van der Waals surface area contributed by atoms with E-state index in [1.165, 1.54) is 0 Å². The average Bonchev–Trinajstić information content (AvgIpc) is 2.87. The van der Waals surface area contributed by atoms with Gasteiger partial charge in [-0.3, -0.25) is 0 Å². The second-order valence-corrected chi connectivity index (χ2v) is 3.61. The van der Waals surface area contributed by atoms with E-state index in [0.717, 1.165) is 12.2 Å². The number of epoxide rings is 1. The van der Waals surface area contributed by atoms with Gasteiger partial charge in [0, 0.05) is 0 Å². The van der Waals surface area contributed by atoms with Gasteiger partial charge in [-0.2, -0.15) is 0 Å². The quantitative estimate of drug-likeness (QED) is 0.557. The van der Waals surface area contributed by atoms with Crippen molar-refractivity contribution in [2.24, 2.45) is 0 Å². The van der Waals surface area contributed by atoms with Crippen molar-refractivity contribution in [1.82, 2.24) is 0 Å². The van der Waals surface area contributed by atoms with Crippen molar-refractivity contribution in [2.75, 3.05) is 6.61 Å². The summed E-state index contributed by atoms with van der Waals surface area (Å²) in [5, 5.41) is 0. The summed E-state index contributed by atoms with van der Waals surface area (Å²) >= 11 is -1.87. The smallest absolute Gasteiger partial charge is 0.186 e. The van der Waals surface area contributed by atoms with Crippen molar-refractivity contribution in [3.05, 3.63) is 29.8 Å². The summed E-state index contributed by atoms with van der Waals surface area (Å²) in [5.41, 5.74) is 1.07. The van der Waals surface area contributed by atoms with Crippen molar-refractivity contribution in [2.45, 2.75) is 11.0 Å². The summed E-state index contributed by atoms with van der Waals surface area (Å²) in [5.74, 6) is 0. The summed E-state index contributed by atoms with van der Waals surface area (Å²) < 4.78 is 24.3. The summed E-state index contributed by atoms with van der Waals surface area (Å²) in [6.07, 6.45) is 0.214. The first kappa shape index (κ1) is 7.91. The molecule has 1 fully saturated rings. The minimum atomic E-state index is -1.87. The van der Waals surface area contributed by atoms with Crippen LogP contribution in [-0.2, 0) is 15.8 Å². The van der Waals surface area contributed by atoms with Gasteiger partial charge >= 0.3 is 0 Å². The molecule has 0 bridgehead atoms. The van der Waals surface area contributed by atoms with Crippen LogP contribution in [0, 0.1) is 0 Å². The summed E-state index contributed by atoms with van der Waals surface area (Å²) in [7, 11) is 0. The number of hydrogen-bond donors (Lipinski definition) is 1. The predicted octanol–water partition coefficient (Wildman–Crippen LogP) is 1.34. The fourth-order valence-corrected chi connectivity index (χ4v) is 1.41. The van der Waals surface area contributed by atoms with Crippen LogP contribution in [0.1, 0.15) is 11.7 Å². The van der Waals surface area contributed by atoms with E-state index in [1.54, 1.807) is 12.1 Å². The molecular formula is C8H8O3S. The Morgan fingerprint density at radius 1 is 1.42 bits per heavy atom. The van der Waals surface area contributed by atoms with Gasteiger partial charge in [-0.15, -0.1) is 0 Å². The lowest BCUT2D eigenvalue weighted by Gasteiger charge is -1.96. The molecule has 2 rings (SSSR count). The Bertz CT molecular complexity index is 303. The van der Waals surface area contributed by atoms with Crippen LogP contribution in [-0.4, -0.2) is 15.4 Å². The van der Waals surface area contributed by atoms with Crippen LogP contribution < -0.4 is 0 Å². The third-order valence-electron chi connectivity index (χ3n) is 1.79. The third kappa shape index (κ3) is 1.55. The second-order valence-electron chi connectivity index (χ2n) is 2.64. The van der Waals surface area contributed by atoms with Crippen LogP contribution in [0.25, 0.3) is 0 Å². The number of ether oxygens (including phenoxy) is 1. The third-order valence-corrected chi connectivity index (χ3v) is 2.46. The number of benzene rings is 1. The molecule has 3 nitrogen and oxygen atoms in total. The predicted molar refractivity (Wildman–Crippen MR) is 44.2 cm³/mol. The van der Waals surface area contributed by atoms with Gasteiger partial charge in [-0.1, -0.05) is 12.1 Å². The first-order valence-electron chi connectivity index (χ1n) is 3.60. The molecule has 1 N–H and O–H groups in total. The number of rotatable bonds is 2. The Kier molecular flexibility index (Phi) is 1.96. The van der Waals surface area contributed by atoms with Crippen LogP contribution in [0.4, 0.5) is 0 Å². The molecule has 0 aromatic heterocycles. The van der Waals surface area contributed by atoms with Crippen molar-refractivity contribution in [1.29, 1.82) is 0 Å². The molecule has 0 spiro atoms. The molecule has 0 amide bonds. The Morgan fingerprint density at radius 3 is 2.42 bits per heavy atom. The molecule has 1 aromatic carbocycles. The molecule has 1 saturated heterocycles. The Balaban J connectivity index is 2.24. The lowest BCUT2D eigenvalue weighted by molar-refractivity contribution is 0.415. The van der Waals surface area contributed by atoms with E-state index in [4.69, 9.17) is 9.29 Å². The van der Waals surface area contributed by atoms with Crippen molar-refractivity contribution in [3.63, 3.8) is 0 Å². The van der Waals surface area contributed by atoms with Crippen LogP contribution in [0.3, 0.4) is 0 Å². The Hall–Kier alpha value is -0.710. The zero-order chi connectivity index (χ0) is 8.55. The Labute approximate surface area is 72.6 Å². The fraction of sp³-hybridized carbons (Fsp3) is 0.250. The second kappa shape index (κ2) is 2.97. The van der Waals surface area contributed by atoms with Crippen molar-refractivity contribution >= 4 is 11.1 Å². The molecule has 0 aliphatic carbocycles.